The number of carbonyl (C=O) groups excluding carboxylic acids is 2. The van der Waals surface area contributed by atoms with E-state index in [4.69, 9.17) is 15.2 Å². The Labute approximate surface area is 241 Å². The van der Waals surface area contributed by atoms with E-state index >= 15 is 0 Å². The Kier molecular flexibility index (Phi) is 10.4. The minimum absolute atomic E-state index is 0.0639. The van der Waals surface area contributed by atoms with Crippen molar-refractivity contribution in [3.63, 3.8) is 0 Å². The predicted octanol–water partition coefficient (Wildman–Crippen LogP) is 4.72. The third-order valence-corrected chi connectivity index (χ3v) is 7.08. The maximum Gasteiger partial charge on any atom is 0.493 e. The Balaban J connectivity index is 2.20. The van der Waals surface area contributed by atoms with Crippen LogP contribution in [-0.4, -0.2) is 43.6 Å². The maximum atomic E-state index is 14.0. The van der Waals surface area contributed by atoms with E-state index in [-0.39, 0.29) is 36.3 Å². The first-order valence-corrected chi connectivity index (χ1v) is 14.1. The maximum absolute atomic E-state index is 14.0. The summed E-state index contributed by atoms with van der Waals surface area (Å²) < 4.78 is 77.4. The lowest BCUT2D eigenvalue weighted by Gasteiger charge is -2.27. The molecule has 0 fully saturated rings. The standard InChI is InChI=1S/C28H30F3N3O7S/c1-4-39-24-16-20(13-14-23(24)40-18(2)3)25(33-21-10-8-9-19(15-21)17-32)26(35)34(41-27(36)28(29,30)31)42(37,38)22-11-6-5-7-12-22/h5-16,18,25,33H,4,17,32H2,1-3H3. The van der Waals surface area contributed by atoms with Crippen LogP contribution in [0.3, 0.4) is 0 Å². The molecule has 0 saturated heterocycles. The number of amides is 1. The molecule has 0 saturated carbocycles. The second kappa shape index (κ2) is 13.6. The van der Waals surface area contributed by atoms with Crippen molar-refractivity contribution in [2.24, 2.45) is 5.73 Å². The Morgan fingerprint density at radius 1 is 0.976 bits per heavy atom. The van der Waals surface area contributed by atoms with Gasteiger partial charge in [0, 0.05) is 12.2 Å². The van der Waals surface area contributed by atoms with Crippen LogP contribution in [0.15, 0.2) is 77.7 Å². The van der Waals surface area contributed by atoms with Crippen LogP contribution in [0.25, 0.3) is 0 Å². The van der Waals surface area contributed by atoms with Gasteiger partial charge < -0.3 is 25.4 Å². The third kappa shape index (κ3) is 7.91. The van der Waals surface area contributed by atoms with Gasteiger partial charge in [-0.2, -0.15) is 21.6 Å². The van der Waals surface area contributed by atoms with Gasteiger partial charge in [-0.15, -0.1) is 0 Å². The van der Waals surface area contributed by atoms with Crippen LogP contribution in [0.5, 0.6) is 11.5 Å². The topological polar surface area (TPSA) is 137 Å². The molecule has 42 heavy (non-hydrogen) atoms. The van der Waals surface area contributed by atoms with E-state index < -0.39 is 43.5 Å². The average Bonchev–Trinajstić information content (AvgIpc) is 2.95. The second-order valence-corrected chi connectivity index (χ2v) is 10.8. The number of rotatable bonds is 11. The quantitative estimate of drug-likeness (QED) is 0.296. The number of carbonyl (C=O) groups is 2. The van der Waals surface area contributed by atoms with Crippen LogP contribution in [0, 0.1) is 0 Å². The minimum atomic E-state index is -5.61. The first-order chi connectivity index (χ1) is 19.8. The smallest absolute Gasteiger partial charge is 0.490 e. The van der Waals surface area contributed by atoms with E-state index in [1.165, 1.54) is 42.5 Å². The van der Waals surface area contributed by atoms with Gasteiger partial charge in [0.05, 0.1) is 17.6 Å². The molecule has 14 heteroatoms. The molecule has 1 amide bonds. The summed E-state index contributed by atoms with van der Waals surface area (Å²) in [4.78, 5) is 29.5. The molecule has 0 heterocycles. The highest BCUT2D eigenvalue weighted by atomic mass is 32.2. The molecule has 0 bridgehead atoms. The molecule has 0 aliphatic rings. The van der Waals surface area contributed by atoms with Crippen molar-refractivity contribution in [3.8, 4) is 11.5 Å². The number of alkyl halides is 3. The number of nitrogens with one attached hydrogen (secondary N) is 1. The Hall–Kier alpha value is -4.30. The summed E-state index contributed by atoms with van der Waals surface area (Å²) in [7, 11) is -5.13. The zero-order valence-corrected chi connectivity index (χ0v) is 23.7. The normalized spacial score (nSPS) is 12.4. The average molecular weight is 610 g/mol. The fourth-order valence-corrected chi connectivity index (χ4v) is 4.90. The molecule has 3 N–H and O–H groups in total. The lowest BCUT2D eigenvalue weighted by atomic mass is 10.0. The van der Waals surface area contributed by atoms with Crippen molar-refractivity contribution in [2.45, 2.75) is 50.5 Å². The third-order valence-electron chi connectivity index (χ3n) is 5.52. The van der Waals surface area contributed by atoms with Gasteiger partial charge in [0.15, 0.2) is 11.5 Å². The molecule has 0 aliphatic carbocycles. The molecule has 0 radical (unpaired) electrons. The van der Waals surface area contributed by atoms with Crippen molar-refractivity contribution in [1.82, 2.24) is 4.47 Å². The van der Waals surface area contributed by atoms with Crippen LogP contribution < -0.4 is 20.5 Å². The lowest BCUT2D eigenvalue weighted by Crippen LogP contribution is -2.45. The number of nitrogens with two attached hydrogens (primary N) is 1. The monoisotopic (exact) mass is 609 g/mol. The summed E-state index contributed by atoms with van der Waals surface area (Å²) in [5.41, 5.74) is 6.69. The first-order valence-electron chi connectivity index (χ1n) is 12.7. The molecular formula is C28H30F3N3O7S. The highest BCUT2D eigenvalue weighted by molar-refractivity contribution is 7.89. The Morgan fingerprint density at radius 2 is 1.67 bits per heavy atom. The molecule has 3 aromatic rings. The molecule has 1 unspecified atom stereocenters. The predicted molar refractivity (Wildman–Crippen MR) is 147 cm³/mol. The highest BCUT2D eigenvalue weighted by Crippen LogP contribution is 2.35. The van der Waals surface area contributed by atoms with Crippen molar-refractivity contribution in [1.29, 1.82) is 0 Å². The number of hydroxylamine groups is 1. The zero-order chi connectivity index (χ0) is 31.1. The van der Waals surface area contributed by atoms with E-state index in [1.54, 1.807) is 39.0 Å². The van der Waals surface area contributed by atoms with Gasteiger partial charge in [-0.1, -0.05) is 40.9 Å². The number of hydrogen-bond acceptors (Lipinski definition) is 9. The zero-order valence-electron chi connectivity index (χ0n) is 22.9. The molecule has 0 aliphatic heterocycles. The minimum Gasteiger partial charge on any atom is -0.490 e. The summed E-state index contributed by atoms with van der Waals surface area (Å²) in [6, 6.07) is 15.1. The fraction of sp³-hybridized carbons (Fsp3) is 0.286. The SMILES string of the molecule is CCOc1cc(C(Nc2cccc(CN)c2)C(=O)N(OC(=O)C(F)(F)F)S(=O)(=O)c2ccccc2)ccc1OC(C)C. The summed E-state index contributed by atoms with van der Waals surface area (Å²) >= 11 is 0. The number of halogens is 3. The second-order valence-electron chi connectivity index (χ2n) is 9.05. The number of anilines is 1. The van der Waals surface area contributed by atoms with E-state index in [1.807, 2.05) is 0 Å². The van der Waals surface area contributed by atoms with E-state index in [9.17, 15) is 31.2 Å². The number of sulfonamides is 1. The molecule has 1 atom stereocenters. The summed E-state index contributed by atoms with van der Waals surface area (Å²) in [5.74, 6) is -3.96. The fourth-order valence-electron chi connectivity index (χ4n) is 3.70. The largest absolute Gasteiger partial charge is 0.493 e. The first kappa shape index (κ1) is 32.2. The summed E-state index contributed by atoms with van der Waals surface area (Å²) in [6.45, 7) is 5.59. The van der Waals surface area contributed by atoms with Gasteiger partial charge in [-0.05, 0) is 68.3 Å². The van der Waals surface area contributed by atoms with E-state index in [0.717, 1.165) is 12.1 Å². The molecule has 3 aromatic carbocycles. The molecule has 0 spiro atoms. The van der Waals surface area contributed by atoms with Crippen molar-refractivity contribution in [3.05, 3.63) is 83.9 Å². The van der Waals surface area contributed by atoms with Gasteiger partial charge in [0.1, 0.15) is 6.04 Å². The van der Waals surface area contributed by atoms with E-state index in [2.05, 4.69) is 10.2 Å². The number of ether oxygens (including phenoxy) is 2. The van der Waals surface area contributed by atoms with Gasteiger partial charge in [0.2, 0.25) is 0 Å². The molecular weight excluding hydrogens is 579 g/mol. The molecule has 3 rings (SSSR count). The Morgan fingerprint density at radius 3 is 2.26 bits per heavy atom. The summed E-state index contributed by atoms with van der Waals surface area (Å²) in [6.07, 6.45) is -5.86. The summed E-state index contributed by atoms with van der Waals surface area (Å²) in [5, 5.41) is 2.84. The van der Waals surface area contributed by atoms with Crippen molar-refractivity contribution >= 4 is 27.6 Å². The van der Waals surface area contributed by atoms with Crippen molar-refractivity contribution in [2.75, 3.05) is 11.9 Å². The van der Waals surface area contributed by atoms with Crippen LogP contribution in [-0.2, 0) is 31.0 Å². The van der Waals surface area contributed by atoms with Gasteiger partial charge in [-0.3, -0.25) is 4.79 Å². The van der Waals surface area contributed by atoms with Gasteiger partial charge in [0.25, 0.3) is 15.9 Å². The van der Waals surface area contributed by atoms with E-state index in [0.29, 0.717) is 11.3 Å². The number of benzene rings is 3. The molecule has 0 aromatic heterocycles. The van der Waals surface area contributed by atoms with Crippen LogP contribution >= 0.6 is 0 Å². The number of nitrogens with zero attached hydrogens (tertiary/aromatic N) is 1. The lowest BCUT2D eigenvalue weighted by molar-refractivity contribution is -0.223. The molecule has 10 nitrogen and oxygen atoms in total. The van der Waals surface area contributed by atoms with Crippen LogP contribution in [0.1, 0.15) is 37.9 Å². The highest BCUT2D eigenvalue weighted by Gasteiger charge is 2.47. The van der Waals surface area contributed by atoms with Crippen LogP contribution in [0.2, 0.25) is 0 Å². The van der Waals surface area contributed by atoms with Crippen LogP contribution in [0.4, 0.5) is 18.9 Å². The van der Waals surface area contributed by atoms with Crippen molar-refractivity contribution < 1.29 is 45.5 Å². The Bertz CT molecular complexity index is 1500. The van der Waals surface area contributed by atoms with Gasteiger partial charge in [-0.25, -0.2) is 4.79 Å². The molecule has 226 valence electrons. The number of hydrogen-bond donors (Lipinski definition) is 2. The van der Waals surface area contributed by atoms with Gasteiger partial charge >= 0.3 is 12.1 Å².